The van der Waals surface area contributed by atoms with Gasteiger partial charge in [0.1, 0.15) is 17.5 Å². The second-order valence-corrected chi connectivity index (χ2v) is 9.21. The van der Waals surface area contributed by atoms with E-state index in [0.717, 1.165) is 6.42 Å². The van der Waals surface area contributed by atoms with Gasteiger partial charge in [-0.2, -0.15) is 0 Å². The van der Waals surface area contributed by atoms with Gasteiger partial charge in [-0.05, 0) is 51.8 Å². The van der Waals surface area contributed by atoms with Crippen LogP contribution in [0.4, 0.5) is 21.2 Å². The van der Waals surface area contributed by atoms with E-state index < -0.39 is 11.7 Å². The van der Waals surface area contributed by atoms with Crippen LogP contribution in [0.25, 0.3) is 0 Å². The summed E-state index contributed by atoms with van der Waals surface area (Å²) in [5, 5.41) is 5.98. The Morgan fingerprint density at radius 1 is 1.28 bits per heavy atom. The van der Waals surface area contributed by atoms with E-state index in [1.54, 1.807) is 17.0 Å². The van der Waals surface area contributed by atoms with E-state index in [1.165, 1.54) is 4.90 Å². The molecule has 2 atom stereocenters. The third-order valence-electron chi connectivity index (χ3n) is 5.35. The minimum absolute atomic E-state index is 0.0515. The maximum Gasteiger partial charge on any atom is 0.416 e. The van der Waals surface area contributed by atoms with E-state index in [1.807, 2.05) is 20.8 Å². The standard InChI is InChI=1S/C21H29N5O6/c1-21(2,3)32-19(28)25-7-6-13(10-25)8-22-9-14-11-26(20(29)31-14)16-5-4-15-18(23-16)24-17(27)12-30-15/h4-5,13-14,22H,6-12H2,1-3H3,(H,23,24,27)/t13-,14-/m0/s1. The van der Waals surface area contributed by atoms with Gasteiger partial charge >= 0.3 is 12.2 Å². The number of rotatable bonds is 5. The first-order chi connectivity index (χ1) is 15.2. The number of cyclic esters (lactones) is 1. The summed E-state index contributed by atoms with van der Waals surface area (Å²) in [4.78, 5) is 43.5. The predicted octanol–water partition coefficient (Wildman–Crippen LogP) is 1.58. The summed E-state index contributed by atoms with van der Waals surface area (Å²) in [6.07, 6.45) is -0.186. The summed E-state index contributed by atoms with van der Waals surface area (Å²) in [6.45, 7) is 8.40. The number of nitrogens with one attached hydrogen (secondary N) is 2. The monoisotopic (exact) mass is 447 g/mol. The molecule has 2 fully saturated rings. The molecule has 0 aromatic carbocycles. The van der Waals surface area contributed by atoms with Gasteiger partial charge in [0.2, 0.25) is 0 Å². The molecule has 0 saturated carbocycles. The number of hydrogen-bond acceptors (Lipinski definition) is 8. The Morgan fingerprint density at radius 2 is 2.09 bits per heavy atom. The zero-order valence-corrected chi connectivity index (χ0v) is 18.6. The van der Waals surface area contributed by atoms with Crippen LogP contribution in [-0.2, 0) is 14.3 Å². The van der Waals surface area contributed by atoms with Crippen molar-refractivity contribution in [2.45, 2.75) is 38.9 Å². The first-order valence-electron chi connectivity index (χ1n) is 10.8. The van der Waals surface area contributed by atoms with Crippen molar-refractivity contribution < 1.29 is 28.6 Å². The molecule has 174 valence electrons. The van der Waals surface area contributed by atoms with Crippen LogP contribution in [0.2, 0.25) is 0 Å². The van der Waals surface area contributed by atoms with Gasteiger partial charge in [-0.1, -0.05) is 0 Å². The molecule has 11 heteroatoms. The minimum atomic E-state index is -0.503. The van der Waals surface area contributed by atoms with Crippen LogP contribution in [0.3, 0.4) is 0 Å². The molecule has 2 saturated heterocycles. The third-order valence-corrected chi connectivity index (χ3v) is 5.35. The van der Waals surface area contributed by atoms with Crippen LogP contribution in [0, 0.1) is 5.92 Å². The van der Waals surface area contributed by atoms with Crippen LogP contribution in [-0.4, -0.2) is 79.0 Å². The number of ether oxygens (including phenoxy) is 3. The summed E-state index contributed by atoms with van der Waals surface area (Å²) in [5.74, 6) is 1.19. The summed E-state index contributed by atoms with van der Waals surface area (Å²) >= 11 is 0. The maximum atomic E-state index is 12.3. The van der Waals surface area contributed by atoms with Crippen molar-refractivity contribution >= 4 is 29.7 Å². The number of anilines is 2. The Kier molecular flexibility index (Phi) is 6.09. The highest BCUT2D eigenvalue weighted by Gasteiger charge is 2.34. The van der Waals surface area contributed by atoms with Crippen LogP contribution in [0.1, 0.15) is 27.2 Å². The molecule has 1 aromatic heterocycles. The molecule has 3 amide bonds. The molecule has 0 bridgehead atoms. The number of carbonyl (C=O) groups is 3. The SMILES string of the molecule is CC(C)(C)OC(=O)N1CC[C@@H](CNC[C@H]2CN(c3ccc4c(n3)NC(=O)CO4)C(=O)O2)C1. The summed E-state index contributed by atoms with van der Waals surface area (Å²) in [5.41, 5.74) is -0.503. The van der Waals surface area contributed by atoms with Gasteiger partial charge in [0.05, 0.1) is 6.54 Å². The Balaban J connectivity index is 1.23. The van der Waals surface area contributed by atoms with Gasteiger partial charge < -0.3 is 29.7 Å². The number of amides is 3. The van der Waals surface area contributed by atoms with Crippen LogP contribution in [0.5, 0.6) is 5.75 Å². The van der Waals surface area contributed by atoms with Gasteiger partial charge in [-0.15, -0.1) is 0 Å². The van der Waals surface area contributed by atoms with E-state index in [-0.39, 0.29) is 24.7 Å². The van der Waals surface area contributed by atoms with Crippen LogP contribution < -0.4 is 20.3 Å². The van der Waals surface area contributed by atoms with Crippen molar-refractivity contribution in [3.63, 3.8) is 0 Å². The molecule has 11 nitrogen and oxygen atoms in total. The Bertz CT molecular complexity index is 901. The molecule has 0 unspecified atom stereocenters. The fourth-order valence-corrected chi connectivity index (χ4v) is 3.86. The molecule has 2 N–H and O–H groups in total. The number of pyridine rings is 1. The highest BCUT2D eigenvalue weighted by Crippen LogP contribution is 2.30. The van der Waals surface area contributed by atoms with Gasteiger partial charge in [0, 0.05) is 19.6 Å². The van der Waals surface area contributed by atoms with Crippen molar-refractivity contribution in [1.82, 2.24) is 15.2 Å². The molecule has 4 rings (SSSR count). The molecule has 32 heavy (non-hydrogen) atoms. The summed E-state index contributed by atoms with van der Waals surface area (Å²) < 4.78 is 16.2. The minimum Gasteiger partial charge on any atom is -0.480 e. The number of likely N-dealkylation sites (tertiary alicyclic amines) is 1. The quantitative estimate of drug-likeness (QED) is 0.698. The average Bonchev–Trinajstić information content (AvgIpc) is 3.33. The first kappa shape index (κ1) is 22.1. The first-order valence-corrected chi connectivity index (χ1v) is 10.8. The number of hydrogen-bond donors (Lipinski definition) is 2. The molecular weight excluding hydrogens is 418 g/mol. The number of fused-ring (bicyclic) bond motifs is 1. The van der Waals surface area contributed by atoms with Crippen molar-refractivity contribution in [2.75, 3.05) is 49.5 Å². The van der Waals surface area contributed by atoms with Crippen molar-refractivity contribution in [1.29, 1.82) is 0 Å². The van der Waals surface area contributed by atoms with Gasteiger partial charge in [0.15, 0.2) is 18.2 Å². The van der Waals surface area contributed by atoms with Crippen molar-refractivity contribution in [3.05, 3.63) is 12.1 Å². The van der Waals surface area contributed by atoms with E-state index >= 15 is 0 Å². The van der Waals surface area contributed by atoms with Crippen molar-refractivity contribution in [3.8, 4) is 5.75 Å². The lowest BCUT2D eigenvalue weighted by Gasteiger charge is -2.24. The number of aromatic nitrogens is 1. The number of carbonyl (C=O) groups excluding carboxylic acids is 3. The molecule has 1 aromatic rings. The van der Waals surface area contributed by atoms with Gasteiger partial charge in [-0.3, -0.25) is 9.69 Å². The molecule has 4 heterocycles. The van der Waals surface area contributed by atoms with E-state index in [4.69, 9.17) is 14.2 Å². The van der Waals surface area contributed by atoms with E-state index in [0.29, 0.717) is 56.0 Å². The van der Waals surface area contributed by atoms with E-state index in [2.05, 4.69) is 15.6 Å². The molecule has 0 spiro atoms. The average molecular weight is 447 g/mol. The third kappa shape index (κ3) is 5.21. The van der Waals surface area contributed by atoms with E-state index in [9.17, 15) is 14.4 Å². The predicted molar refractivity (Wildman–Crippen MR) is 115 cm³/mol. The lowest BCUT2D eigenvalue weighted by molar-refractivity contribution is -0.118. The highest BCUT2D eigenvalue weighted by atomic mass is 16.6. The molecule has 0 aliphatic carbocycles. The Morgan fingerprint density at radius 3 is 2.88 bits per heavy atom. The molecule has 0 radical (unpaired) electrons. The Hall–Kier alpha value is -3.08. The summed E-state index contributed by atoms with van der Waals surface area (Å²) in [7, 11) is 0. The molecule has 3 aliphatic rings. The molecule has 3 aliphatic heterocycles. The second kappa shape index (κ2) is 8.81. The van der Waals surface area contributed by atoms with Gasteiger partial charge in [-0.25, -0.2) is 14.6 Å². The van der Waals surface area contributed by atoms with Crippen LogP contribution >= 0.6 is 0 Å². The lowest BCUT2D eigenvalue weighted by atomic mass is 10.1. The fraction of sp³-hybridized carbons (Fsp3) is 0.619. The molecular formula is C21H29N5O6. The summed E-state index contributed by atoms with van der Waals surface area (Å²) in [6, 6.07) is 3.34. The van der Waals surface area contributed by atoms with Crippen LogP contribution in [0.15, 0.2) is 12.1 Å². The normalized spacial score (nSPS) is 22.8. The largest absolute Gasteiger partial charge is 0.480 e. The van der Waals surface area contributed by atoms with Crippen molar-refractivity contribution in [2.24, 2.45) is 5.92 Å². The zero-order chi connectivity index (χ0) is 22.9. The number of nitrogens with zero attached hydrogens (tertiary/aromatic N) is 3. The lowest BCUT2D eigenvalue weighted by Crippen LogP contribution is -2.37. The second-order valence-electron chi connectivity index (χ2n) is 9.21. The van der Waals surface area contributed by atoms with Gasteiger partial charge in [0.25, 0.3) is 5.91 Å². The smallest absolute Gasteiger partial charge is 0.416 e. The maximum absolute atomic E-state index is 12.3. The zero-order valence-electron chi connectivity index (χ0n) is 18.6. The topological polar surface area (TPSA) is 122 Å². The highest BCUT2D eigenvalue weighted by molar-refractivity contribution is 5.95. The Labute approximate surface area is 186 Å². The fourth-order valence-electron chi connectivity index (χ4n) is 3.86.